The summed E-state index contributed by atoms with van der Waals surface area (Å²) in [6, 6.07) is 7.25. The van der Waals surface area contributed by atoms with E-state index >= 15 is 0 Å². The largest absolute Gasteiger partial charge is 0.399 e. The van der Waals surface area contributed by atoms with Gasteiger partial charge in [-0.15, -0.1) is 0 Å². The second-order valence-electron chi connectivity index (χ2n) is 6.23. The van der Waals surface area contributed by atoms with E-state index in [2.05, 4.69) is 5.32 Å². The SMILES string of the molecule is Nc1ccc(C(=O)N2CCC3(CCCCNC3)C2)cc1. The van der Waals surface area contributed by atoms with E-state index in [-0.39, 0.29) is 5.91 Å². The van der Waals surface area contributed by atoms with Crippen molar-refractivity contribution in [2.75, 3.05) is 31.9 Å². The first-order chi connectivity index (χ1) is 9.69. The van der Waals surface area contributed by atoms with Crippen molar-refractivity contribution in [2.24, 2.45) is 5.41 Å². The van der Waals surface area contributed by atoms with E-state index in [0.717, 1.165) is 38.2 Å². The number of nitrogen functional groups attached to an aromatic ring is 1. The minimum Gasteiger partial charge on any atom is -0.399 e. The number of rotatable bonds is 1. The van der Waals surface area contributed by atoms with Crippen LogP contribution in [-0.2, 0) is 0 Å². The summed E-state index contributed by atoms with van der Waals surface area (Å²) in [5.41, 5.74) is 7.43. The van der Waals surface area contributed by atoms with Gasteiger partial charge in [-0.1, -0.05) is 6.42 Å². The van der Waals surface area contributed by atoms with Gasteiger partial charge in [-0.2, -0.15) is 0 Å². The molecular weight excluding hydrogens is 250 g/mol. The van der Waals surface area contributed by atoms with Crippen molar-refractivity contribution in [3.8, 4) is 0 Å². The van der Waals surface area contributed by atoms with Gasteiger partial charge in [0.1, 0.15) is 0 Å². The molecule has 108 valence electrons. The first kappa shape index (κ1) is 13.4. The first-order valence-electron chi connectivity index (χ1n) is 7.54. The van der Waals surface area contributed by atoms with Crippen molar-refractivity contribution < 1.29 is 4.79 Å². The minimum absolute atomic E-state index is 0.145. The van der Waals surface area contributed by atoms with Gasteiger partial charge in [-0.05, 0) is 50.1 Å². The predicted molar refractivity (Wildman–Crippen MR) is 80.5 cm³/mol. The van der Waals surface area contributed by atoms with Gasteiger partial charge < -0.3 is 16.0 Å². The van der Waals surface area contributed by atoms with Gasteiger partial charge in [-0.3, -0.25) is 4.79 Å². The lowest BCUT2D eigenvalue weighted by Crippen LogP contribution is -2.37. The van der Waals surface area contributed by atoms with Crippen LogP contribution < -0.4 is 11.1 Å². The lowest BCUT2D eigenvalue weighted by atomic mass is 9.83. The summed E-state index contributed by atoms with van der Waals surface area (Å²) in [4.78, 5) is 14.5. The monoisotopic (exact) mass is 273 g/mol. The number of carbonyl (C=O) groups is 1. The number of nitrogens with two attached hydrogens (primary N) is 1. The summed E-state index contributed by atoms with van der Waals surface area (Å²) in [5, 5.41) is 3.53. The van der Waals surface area contributed by atoms with E-state index in [1.807, 2.05) is 17.0 Å². The van der Waals surface area contributed by atoms with Gasteiger partial charge >= 0.3 is 0 Å². The van der Waals surface area contributed by atoms with Crippen LogP contribution in [0.25, 0.3) is 0 Å². The molecule has 1 amide bonds. The van der Waals surface area contributed by atoms with Crippen molar-refractivity contribution in [3.63, 3.8) is 0 Å². The molecule has 0 aliphatic carbocycles. The molecule has 4 heteroatoms. The Labute approximate surface area is 120 Å². The van der Waals surface area contributed by atoms with Gasteiger partial charge in [0.15, 0.2) is 0 Å². The molecule has 1 atom stereocenters. The van der Waals surface area contributed by atoms with Crippen LogP contribution in [0.3, 0.4) is 0 Å². The third-order valence-electron chi connectivity index (χ3n) is 4.69. The number of carbonyl (C=O) groups excluding carboxylic acids is 1. The van der Waals surface area contributed by atoms with Crippen LogP contribution in [-0.4, -0.2) is 37.0 Å². The lowest BCUT2D eigenvalue weighted by molar-refractivity contribution is 0.0770. The topological polar surface area (TPSA) is 58.4 Å². The summed E-state index contributed by atoms with van der Waals surface area (Å²) in [6.45, 7) is 3.94. The molecule has 3 rings (SSSR count). The second-order valence-corrected chi connectivity index (χ2v) is 6.23. The van der Waals surface area contributed by atoms with Crippen LogP contribution in [0.5, 0.6) is 0 Å². The Hall–Kier alpha value is -1.55. The third kappa shape index (κ3) is 2.66. The Morgan fingerprint density at radius 3 is 2.80 bits per heavy atom. The van der Waals surface area contributed by atoms with E-state index < -0.39 is 0 Å². The van der Waals surface area contributed by atoms with Crippen molar-refractivity contribution in [1.29, 1.82) is 0 Å². The number of likely N-dealkylation sites (tertiary alicyclic amines) is 1. The van der Waals surface area contributed by atoms with E-state index in [9.17, 15) is 4.79 Å². The molecule has 1 unspecified atom stereocenters. The smallest absolute Gasteiger partial charge is 0.253 e. The fourth-order valence-electron chi connectivity index (χ4n) is 3.46. The van der Waals surface area contributed by atoms with Crippen molar-refractivity contribution in [2.45, 2.75) is 25.7 Å². The number of amides is 1. The molecule has 1 aromatic carbocycles. The Kier molecular flexibility index (Phi) is 3.66. The summed E-state index contributed by atoms with van der Waals surface area (Å²) < 4.78 is 0. The average Bonchev–Trinajstić information content (AvgIpc) is 2.73. The molecule has 0 radical (unpaired) electrons. The predicted octanol–water partition coefficient (Wildman–Crippen LogP) is 1.87. The molecular formula is C16H23N3O. The van der Waals surface area contributed by atoms with Gasteiger partial charge in [0, 0.05) is 36.3 Å². The van der Waals surface area contributed by atoms with Gasteiger partial charge in [-0.25, -0.2) is 0 Å². The zero-order chi connectivity index (χ0) is 14.0. The molecule has 4 nitrogen and oxygen atoms in total. The molecule has 2 aliphatic rings. The van der Waals surface area contributed by atoms with E-state index in [1.165, 1.54) is 19.3 Å². The number of hydrogen-bond donors (Lipinski definition) is 2. The van der Waals surface area contributed by atoms with E-state index in [0.29, 0.717) is 11.1 Å². The van der Waals surface area contributed by atoms with Crippen LogP contribution >= 0.6 is 0 Å². The van der Waals surface area contributed by atoms with Gasteiger partial charge in [0.05, 0.1) is 0 Å². The molecule has 0 bridgehead atoms. The number of nitrogens with one attached hydrogen (secondary N) is 1. The minimum atomic E-state index is 0.145. The third-order valence-corrected chi connectivity index (χ3v) is 4.69. The molecule has 0 saturated carbocycles. The number of anilines is 1. The molecule has 2 saturated heterocycles. The lowest BCUT2D eigenvalue weighted by Gasteiger charge is -2.27. The molecule has 1 spiro atoms. The normalized spacial score (nSPS) is 26.7. The summed E-state index contributed by atoms with van der Waals surface area (Å²) >= 11 is 0. The van der Waals surface area contributed by atoms with E-state index in [4.69, 9.17) is 5.73 Å². The van der Waals surface area contributed by atoms with Crippen LogP contribution in [0.2, 0.25) is 0 Å². The highest BCUT2D eigenvalue weighted by Crippen LogP contribution is 2.36. The van der Waals surface area contributed by atoms with Crippen LogP contribution in [0, 0.1) is 5.41 Å². The average molecular weight is 273 g/mol. The maximum atomic E-state index is 12.5. The fraction of sp³-hybridized carbons (Fsp3) is 0.562. The highest BCUT2D eigenvalue weighted by Gasteiger charge is 2.40. The Morgan fingerprint density at radius 2 is 2.00 bits per heavy atom. The van der Waals surface area contributed by atoms with Gasteiger partial charge in [0.2, 0.25) is 0 Å². The highest BCUT2D eigenvalue weighted by molar-refractivity contribution is 5.94. The molecule has 2 heterocycles. The van der Waals surface area contributed by atoms with Crippen LogP contribution in [0.1, 0.15) is 36.0 Å². The first-order valence-corrected chi connectivity index (χ1v) is 7.54. The molecule has 3 N–H and O–H groups in total. The summed E-state index contributed by atoms with van der Waals surface area (Å²) in [7, 11) is 0. The van der Waals surface area contributed by atoms with Gasteiger partial charge in [0.25, 0.3) is 5.91 Å². The molecule has 1 aromatic rings. The number of benzene rings is 1. The summed E-state index contributed by atoms with van der Waals surface area (Å²) in [6.07, 6.45) is 4.90. The summed E-state index contributed by atoms with van der Waals surface area (Å²) in [5.74, 6) is 0.145. The maximum Gasteiger partial charge on any atom is 0.253 e. The van der Waals surface area contributed by atoms with Crippen molar-refractivity contribution in [3.05, 3.63) is 29.8 Å². The second kappa shape index (κ2) is 5.44. The van der Waals surface area contributed by atoms with Crippen molar-refractivity contribution in [1.82, 2.24) is 10.2 Å². The number of hydrogen-bond acceptors (Lipinski definition) is 3. The quantitative estimate of drug-likeness (QED) is 0.768. The number of nitrogens with zero attached hydrogens (tertiary/aromatic N) is 1. The fourth-order valence-corrected chi connectivity index (χ4v) is 3.46. The Bertz CT molecular complexity index is 475. The molecule has 20 heavy (non-hydrogen) atoms. The Morgan fingerprint density at radius 1 is 1.20 bits per heavy atom. The van der Waals surface area contributed by atoms with Crippen molar-refractivity contribution >= 4 is 11.6 Å². The zero-order valence-electron chi connectivity index (χ0n) is 11.9. The highest BCUT2D eigenvalue weighted by atomic mass is 16.2. The maximum absolute atomic E-state index is 12.5. The Balaban J connectivity index is 1.70. The molecule has 2 fully saturated rings. The molecule has 2 aliphatic heterocycles. The zero-order valence-corrected chi connectivity index (χ0v) is 11.9. The van der Waals surface area contributed by atoms with Crippen LogP contribution in [0.4, 0.5) is 5.69 Å². The van der Waals surface area contributed by atoms with Crippen LogP contribution in [0.15, 0.2) is 24.3 Å². The molecule has 0 aromatic heterocycles. The van der Waals surface area contributed by atoms with E-state index in [1.54, 1.807) is 12.1 Å². The standard InChI is InChI=1S/C16H23N3O/c17-14-5-3-13(4-6-14)15(20)19-10-8-16(12-19)7-1-2-9-18-11-16/h3-6,18H,1-2,7-12,17H2.